The molecule has 0 bridgehead atoms. The lowest BCUT2D eigenvalue weighted by molar-refractivity contribution is -0.0498. The number of carbonyl (C=O) groups excluding carboxylic acids is 1. The molecule has 4 rings (SSSR count). The first-order chi connectivity index (χ1) is 14.5. The van der Waals surface area contributed by atoms with E-state index in [4.69, 9.17) is 0 Å². The molecule has 1 heterocycles. The van der Waals surface area contributed by atoms with E-state index in [1.54, 1.807) is 31.3 Å². The molecule has 8 nitrogen and oxygen atoms in total. The minimum atomic E-state index is -2.86. The van der Waals surface area contributed by atoms with Crippen molar-refractivity contribution in [2.75, 3.05) is 12.4 Å². The van der Waals surface area contributed by atoms with Crippen LogP contribution in [0.1, 0.15) is 24.4 Å². The summed E-state index contributed by atoms with van der Waals surface area (Å²) in [6.07, 6.45) is 2.17. The first kappa shape index (κ1) is 19.7. The van der Waals surface area contributed by atoms with Crippen LogP contribution in [0, 0.1) is 0 Å². The largest absolute Gasteiger partial charge is 0.435 e. The molecule has 10 heteroatoms. The van der Waals surface area contributed by atoms with Gasteiger partial charge in [-0.25, -0.2) is 9.48 Å². The maximum absolute atomic E-state index is 12.4. The number of nitrogens with zero attached hydrogens (tertiary/aromatic N) is 5. The number of hydrogen-bond donors (Lipinski definition) is 1. The lowest BCUT2D eigenvalue weighted by Crippen LogP contribution is -2.30. The molecule has 2 aromatic carbocycles. The topological polar surface area (TPSA) is 85.2 Å². The molecule has 0 saturated heterocycles. The van der Waals surface area contributed by atoms with Crippen molar-refractivity contribution in [2.45, 2.75) is 32.0 Å². The number of benzene rings is 2. The second kappa shape index (κ2) is 8.44. The molecule has 0 radical (unpaired) electrons. The predicted octanol–water partition coefficient (Wildman–Crippen LogP) is 3.94. The lowest BCUT2D eigenvalue weighted by Gasteiger charge is -2.18. The normalized spacial score (nSPS) is 13.3. The van der Waals surface area contributed by atoms with Crippen LogP contribution in [-0.4, -0.2) is 44.8 Å². The molecular formula is C20H20F2N6O2. The number of tetrazole rings is 1. The fourth-order valence-corrected chi connectivity index (χ4v) is 2.99. The maximum atomic E-state index is 12.4. The third kappa shape index (κ3) is 4.70. The Labute approximate surface area is 171 Å². The third-order valence-corrected chi connectivity index (χ3v) is 4.69. The van der Waals surface area contributed by atoms with E-state index in [2.05, 4.69) is 25.6 Å². The van der Waals surface area contributed by atoms with E-state index < -0.39 is 6.61 Å². The number of hydrogen-bond acceptors (Lipinski definition) is 5. The summed E-state index contributed by atoms with van der Waals surface area (Å²) in [6, 6.07) is 13.6. The van der Waals surface area contributed by atoms with Gasteiger partial charge in [-0.2, -0.15) is 8.78 Å². The van der Waals surface area contributed by atoms with Crippen molar-refractivity contribution >= 4 is 11.7 Å². The number of ether oxygens (including phenoxy) is 1. The summed E-state index contributed by atoms with van der Waals surface area (Å²) in [5, 5.41) is 14.7. The number of carbonyl (C=O) groups is 1. The van der Waals surface area contributed by atoms with Crippen LogP contribution in [-0.2, 0) is 6.54 Å². The summed E-state index contributed by atoms with van der Waals surface area (Å²) in [5.41, 5.74) is 2.31. The monoisotopic (exact) mass is 414 g/mol. The highest BCUT2D eigenvalue weighted by Gasteiger charge is 2.28. The summed E-state index contributed by atoms with van der Waals surface area (Å²) in [4.78, 5) is 13.9. The molecule has 1 aliphatic carbocycles. The van der Waals surface area contributed by atoms with Gasteiger partial charge in [0.05, 0.1) is 6.04 Å². The third-order valence-electron chi connectivity index (χ3n) is 4.69. The molecule has 0 unspecified atom stereocenters. The number of nitrogens with one attached hydrogen (secondary N) is 1. The Bertz CT molecular complexity index is 1000. The quantitative estimate of drug-likeness (QED) is 0.633. The van der Waals surface area contributed by atoms with Crippen molar-refractivity contribution in [3.63, 3.8) is 0 Å². The van der Waals surface area contributed by atoms with Crippen LogP contribution in [0.3, 0.4) is 0 Å². The number of rotatable bonds is 7. The molecule has 0 aliphatic heterocycles. The van der Waals surface area contributed by atoms with Gasteiger partial charge in [-0.05, 0) is 65.2 Å². The smallest absolute Gasteiger partial charge is 0.387 e. The van der Waals surface area contributed by atoms with E-state index in [9.17, 15) is 13.6 Å². The average Bonchev–Trinajstić information content (AvgIpc) is 3.46. The molecule has 0 spiro atoms. The van der Waals surface area contributed by atoms with Gasteiger partial charge in [0.1, 0.15) is 5.75 Å². The van der Waals surface area contributed by atoms with Crippen LogP contribution < -0.4 is 10.1 Å². The second-order valence-corrected chi connectivity index (χ2v) is 7.06. The SMILES string of the molecule is CN(Cc1ccc(OC(F)F)cc1)C(=O)Nc1ccc(-c2nnnn2C2CC2)cc1. The van der Waals surface area contributed by atoms with Crippen molar-refractivity contribution in [2.24, 2.45) is 0 Å². The Hall–Kier alpha value is -3.56. The molecule has 30 heavy (non-hydrogen) atoms. The molecule has 2 amide bonds. The molecular weight excluding hydrogens is 394 g/mol. The fourth-order valence-electron chi connectivity index (χ4n) is 2.99. The van der Waals surface area contributed by atoms with Crippen molar-refractivity contribution < 1.29 is 18.3 Å². The Morgan fingerprint density at radius 3 is 2.53 bits per heavy atom. The van der Waals surface area contributed by atoms with Gasteiger partial charge < -0.3 is 15.0 Å². The minimum absolute atomic E-state index is 0.0775. The zero-order valence-corrected chi connectivity index (χ0v) is 16.2. The molecule has 1 aliphatic rings. The van der Waals surface area contributed by atoms with E-state index in [0.717, 1.165) is 24.0 Å². The van der Waals surface area contributed by atoms with E-state index in [0.29, 0.717) is 24.1 Å². The van der Waals surface area contributed by atoms with Gasteiger partial charge in [-0.15, -0.1) is 5.10 Å². The molecule has 156 valence electrons. The standard InChI is InChI=1S/C20H20F2N6O2/c1-27(12-13-2-10-17(11-3-13)30-19(21)22)20(29)23-15-6-4-14(5-7-15)18-24-25-26-28(18)16-8-9-16/h2-7,10-11,16,19H,8-9,12H2,1H3,(H,23,29). The molecule has 0 atom stereocenters. The van der Waals surface area contributed by atoms with Gasteiger partial charge in [0.2, 0.25) is 0 Å². The highest BCUT2D eigenvalue weighted by molar-refractivity contribution is 5.89. The van der Waals surface area contributed by atoms with Crippen LogP contribution in [0.5, 0.6) is 5.75 Å². The predicted molar refractivity (Wildman–Crippen MR) is 105 cm³/mol. The Morgan fingerprint density at radius 1 is 1.20 bits per heavy atom. The summed E-state index contributed by atoms with van der Waals surface area (Å²) in [7, 11) is 1.65. The van der Waals surface area contributed by atoms with E-state index >= 15 is 0 Å². The molecule has 3 aromatic rings. The average molecular weight is 414 g/mol. The molecule has 1 N–H and O–H groups in total. The van der Waals surface area contributed by atoms with Crippen LogP contribution in [0.25, 0.3) is 11.4 Å². The van der Waals surface area contributed by atoms with Gasteiger partial charge >= 0.3 is 12.6 Å². The van der Waals surface area contributed by atoms with Crippen molar-refractivity contribution in [3.05, 3.63) is 54.1 Å². The number of alkyl halides is 2. The molecule has 1 saturated carbocycles. The summed E-state index contributed by atoms with van der Waals surface area (Å²) < 4.78 is 30.6. The van der Waals surface area contributed by atoms with Crippen molar-refractivity contribution in [1.29, 1.82) is 0 Å². The number of amides is 2. The Morgan fingerprint density at radius 2 is 1.90 bits per heavy atom. The number of anilines is 1. The van der Waals surface area contributed by atoms with Gasteiger partial charge in [0.25, 0.3) is 0 Å². The van der Waals surface area contributed by atoms with E-state index in [1.165, 1.54) is 17.0 Å². The van der Waals surface area contributed by atoms with E-state index in [-0.39, 0.29) is 11.8 Å². The lowest BCUT2D eigenvalue weighted by atomic mass is 10.2. The van der Waals surface area contributed by atoms with Gasteiger partial charge in [-0.3, -0.25) is 0 Å². The zero-order chi connectivity index (χ0) is 21.1. The maximum Gasteiger partial charge on any atom is 0.387 e. The first-order valence-corrected chi connectivity index (χ1v) is 9.44. The van der Waals surface area contributed by atoms with Crippen LogP contribution in [0.4, 0.5) is 19.3 Å². The molecule has 1 aromatic heterocycles. The van der Waals surface area contributed by atoms with Gasteiger partial charge in [0.15, 0.2) is 5.82 Å². The van der Waals surface area contributed by atoms with Gasteiger partial charge in [-0.1, -0.05) is 12.1 Å². The van der Waals surface area contributed by atoms with Crippen LogP contribution in [0.15, 0.2) is 48.5 Å². The first-order valence-electron chi connectivity index (χ1n) is 9.44. The summed E-state index contributed by atoms with van der Waals surface area (Å²) >= 11 is 0. The van der Waals surface area contributed by atoms with Crippen molar-refractivity contribution in [3.8, 4) is 17.1 Å². The number of halogens is 2. The van der Waals surface area contributed by atoms with E-state index in [1.807, 2.05) is 16.8 Å². The van der Waals surface area contributed by atoms with Crippen molar-refractivity contribution in [1.82, 2.24) is 25.1 Å². The highest BCUT2D eigenvalue weighted by atomic mass is 19.3. The number of urea groups is 1. The summed E-state index contributed by atoms with van der Waals surface area (Å²) in [5.74, 6) is 0.792. The van der Waals surface area contributed by atoms with Gasteiger partial charge in [0, 0.05) is 24.8 Å². The highest BCUT2D eigenvalue weighted by Crippen LogP contribution is 2.36. The van der Waals surface area contributed by atoms with Crippen LogP contribution in [0.2, 0.25) is 0 Å². The fraction of sp³-hybridized carbons (Fsp3) is 0.300. The minimum Gasteiger partial charge on any atom is -0.435 e. The second-order valence-electron chi connectivity index (χ2n) is 7.06. The van der Waals surface area contributed by atoms with Crippen LogP contribution >= 0.6 is 0 Å². The Kier molecular flexibility index (Phi) is 5.55. The zero-order valence-electron chi connectivity index (χ0n) is 16.2. The molecule has 1 fully saturated rings. The number of aromatic nitrogens is 4. The Balaban J connectivity index is 1.34. The summed E-state index contributed by atoms with van der Waals surface area (Å²) in [6.45, 7) is -2.55.